The molecule has 2 N–H and O–H groups in total. The first-order chi connectivity index (χ1) is 9.50. The van der Waals surface area contributed by atoms with E-state index < -0.39 is 5.97 Å². The van der Waals surface area contributed by atoms with Gasteiger partial charge in [0, 0.05) is 12.8 Å². The van der Waals surface area contributed by atoms with Crippen LogP contribution in [0.2, 0.25) is 5.02 Å². The van der Waals surface area contributed by atoms with Crippen LogP contribution in [0.1, 0.15) is 24.8 Å². The number of aliphatic carboxylic acids is 1. The van der Waals surface area contributed by atoms with Crippen molar-refractivity contribution in [2.24, 2.45) is 0 Å². The smallest absolute Gasteiger partial charge is 0.303 e. The fourth-order valence-corrected chi connectivity index (χ4v) is 1.91. The van der Waals surface area contributed by atoms with Crippen molar-refractivity contribution in [2.75, 3.05) is 13.2 Å². The molecule has 110 valence electrons. The highest BCUT2D eigenvalue weighted by molar-refractivity contribution is 6.32. The fraction of sp³-hybridized carbons (Fsp3) is 0.429. The van der Waals surface area contributed by atoms with Crippen molar-refractivity contribution in [2.45, 2.75) is 26.2 Å². The number of carbonyl (C=O) groups is 2. The van der Waals surface area contributed by atoms with Gasteiger partial charge in [0.15, 0.2) is 0 Å². The second kappa shape index (κ2) is 8.43. The Hall–Kier alpha value is -1.75. The van der Waals surface area contributed by atoms with Crippen LogP contribution in [0.5, 0.6) is 5.75 Å². The largest absolute Gasteiger partial charge is 0.490 e. The molecule has 1 amide bonds. The number of ether oxygens (including phenoxy) is 1. The molecule has 0 aliphatic carbocycles. The van der Waals surface area contributed by atoms with Gasteiger partial charge in [-0.15, -0.1) is 0 Å². The van der Waals surface area contributed by atoms with Gasteiger partial charge in [-0.3, -0.25) is 9.59 Å². The molecule has 0 radical (unpaired) electrons. The van der Waals surface area contributed by atoms with Gasteiger partial charge in [-0.2, -0.15) is 0 Å². The number of halogens is 1. The Balaban J connectivity index is 2.21. The van der Waals surface area contributed by atoms with E-state index in [9.17, 15) is 9.59 Å². The highest BCUT2D eigenvalue weighted by Crippen LogP contribution is 2.27. The summed E-state index contributed by atoms with van der Waals surface area (Å²) in [5, 5.41) is 11.7. The highest BCUT2D eigenvalue weighted by Gasteiger charge is 2.06. The summed E-state index contributed by atoms with van der Waals surface area (Å²) in [6, 6.07) is 5.48. The molecule has 1 rings (SSSR count). The maximum Gasteiger partial charge on any atom is 0.303 e. The predicted molar refractivity (Wildman–Crippen MR) is 76.2 cm³/mol. The number of rotatable bonds is 8. The van der Waals surface area contributed by atoms with Gasteiger partial charge < -0.3 is 15.2 Å². The van der Waals surface area contributed by atoms with E-state index in [4.69, 9.17) is 21.4 Å². The van der Waals surface area contributed by atoms with E-state index >= 15 is 0 Å². The van der Waals surface area contributed by atoms with Crippen LogP contribution < -0.4 is 10.1 Å². The first-order valence-corrected chi connectivity index (χ1v) is 6.75. The minimum atomic E-state index is -0.893. The van der Waals surface area contributed by atoms with Gasteiger partial charge >= 0.3 is 5.97 Å². The Bertz CT molecular complexity index is 456. The summed E-state index contributed by atoms with van der Waals surface area (Å²) in [6.07, 6.45) is 0.547. The van der Waals surface area contributed by atoms with Gasteiger partial charge in [0.05, 0.1) is 11.6 Å². The second-order valence-corrected chi connectivity index (χ2v) is 4.74. The summed E-state index contributed by atoms with van der Waals surface area (Å²) < 4.78 is 5.52. The third-order valence-corrected chi connectivity index (χ3v) is 2.93. The van der Waals surface area contributed by atoms with E-state index in [1.165, 1.54) is 0 Å². The number of nitrogens with one attached hydrogen (secondary N) is 1. The second-order valence-electron chi connectivity index (χ2n) is 4.33. The Morgan fingerprint density at radius 1 is 1.35 bits per heavy atom. The van der Waals surface area contributed by atoms with E-state index in [2.05, 4.69) is 5.32 Å². The van der Waals surface area contributed by atoms with Crippen LogP contribution in [0.25, 0.3) is 0 Å². The zero-order chi connectivity index (χ0) is 15.0. The zero-order valence-electron chi connectivity index (χ0n) is 11.3. The molecule has 1 aromatic carbocycles. The summed E-state index contributed by atoms with van der Waals surface area (Å²) in [6.45, 7) is 2.57. The standard InChI is InChI=1S/C14H18ClNO4/c1-10-4-2-5-11(15)14(10)20-9-8-16-12(17)6-3-7-13(18)19/h2,4-5H,3,6-9H2,1H3,(H,16,17)(H,18,19). The molecule has 0 aromatic heterocycles. The van der Waals surface area contributed by atoms with Crippen LogP contribution in [0.15, 0.2) is 18.2 Å². The number of carboxylic acids is 1. The van der Waals surface area contributed by atoms with Gasteiger partial charge in [-0.1, -0.05) is 23.7 Å². The summed E-state index contributed by atoms with van der Waals surface area (Å²) in [5.41, 5.74) is 0.935. The van der Waals surface area contributed by atoms with Crippen molar-refractivity contribution < 1.29 is 19.4 Å². The van der Waals surface area contributed by atoms with E-state index in [0.29, 0.717) is 30.3 Å². The molecule has 20 heavy (non-hydrogen) atoms. The lowest BCUT2D eigenvalue weighted by Gasteiger charge is -2.11. The molecule has 0 heterocycles. The molecule has 5 nitrogen and oxygen atoms in total. The summed E-state index contributed by atoms with van der Waals surface area (Å²) in [4.78, 5) is 21.7. The van der Waals surface area contributed by atoms with Crippen molar-refractivity contribution in [3.8, 4) is 5.75 Å². The molecule has 0 saturated carbocycles. The van der Waals surface area contributed by atoms with Crippen LogP contribution in [-0.2, 0) is 9.59 Å². The Labute approximate surface area is 122 Å². The number of hydrogen-bond donors (Lipinski definition) is 2. The Morgan fingerprint density at radius 2 is 2.10 bits per heavy atom. The molecule has 0 fully saturated rings. The van der Waals surface area contributed by atoms with Crippen LogP contribution in [0.3, 0.4) is 0 Å². The highest BCUT2D eigenvalue weighted by atomic mass is 35.5. The van der Waals surface area contributed by atoms with Crippen LogP contribution in [0.4, 0.5) is 0 Å². The van der Waals surface area contributed by atoms with Gasteiger partial charge in [0.2, 0.25) is 5.91 Å². The van der Waals surface area contributed by atoms with Gasteiger partial charge in [-0.25, -0.2) is 0 Å². The normalized spacial score (nSPS) is 10.1. The van der Waals surface area contributed by atoms with Crippen molar-refractivity contribution in [1.29, 1.82) is 0 Å². The van der Waals surface area contributed by atoms with E-state index in [-0.39, 0.29) is 18.7 Å². The van der Waals surface area contributed by atoms with Crippen molar-refractivity contribution in [3.63, 3.8) is 0 Å². The maximum absolute atomic E-state index is 11.4. The summed E-state index contributed by atoms with van der Waals surface area (Å²) in [5.74, 6) is -0.449. The predicted octanol–water partition coefficient (Wildman–Crippen LogP) is 2.40. The van der Waals surface area contributed by atoms with Crippen LogP contribution >= 0.6 is 11.6 Å². The molecule has 0 aliphatic rings. The van der Waals surface area contributed by atoms with Gasteiger partial charge in [-0.05, 0) is 25.0 Å². The molecular weight excluding hydrogens is 282 g/mol. The maximum atomic E-state index is 11.4. The number of carboxylic acid groups (broad SMARTS) is 1. The lowest BCUT2D eigenvalue weighted by Crippen LogP contribution is -2.28. The van der Waals surface area contributed by atoms with E-state index in [1.54, 1.807) is 6.07 Å². The topological polar surface area (TPSA) is 75.6 Å². The number of hydrogen-bond acceptors (Lipinski definition) is 3. The molecule has 0 aliphatic heterocycles. The lowest BCUT2D eigenvalue weighted by molar-refractivity contribution is -0.137. The third-order valence-electron chi connectivity index (χ3n) is 2.63. The van der Waals surface area contributed by atoms with Crippen LogP contribution in [0, 0.1) is 6.92 Å². The zero-order valence-corrected chi connectivity index (χ0v) is 12.1. The number of benzene rings is 1. The van der Waals surface area contributed by atoms with Gasteiger partial charge in [0.1, 0.15) is 12.4 Å². The number of aryl methyl sites for hydroxylation is 1. The molecule has 6 heteroatoms. The minimum Gasteiger partial charge on any atom is -0.490 e. The molecule has 0 bridgehead atoms. The number of carbonyl (C=O) groups excluding carboxylic acids is 1. The molecular formula is C14H18ClNO4. The SMILES string of the molecule is Cc1cccc(Cl)c1OCCNC(=O)CCCC(=O)O. The first-order valence-electron chi connectivity index (χ1n) is 6.37. The fourth-order valence-electron chi connectivity index (χ4n) is 1.63. The Kier molecular flexibility index (Phi) is 6.87. The van der Waals surface area contributed by atoms with Gasteiger partial charge in [0.25, 0.3) is 0 Å². The average Bonchev–Trinajstić information content (AvgIpc) is 2.37. The molecule has 1 aromatic rings. The van der Waals surface area contributed by atoms with Crippen molar-refractivity contribution in [3.05, 3.63) is 28.8 Å². The first kappa shape index (κ1) is 16.3. The lowest BCUT2D eigenvalue weighted by atomic mass is 10.2. The number of amides is 1. The third kappa shape index (κ3) is 5.93. The van der Waals surface area contributed by atoms with E-state index in [0.717, 1.165) is 5.56 Å². The monoisotopic (exact) mass is 299 g/mol. The molecule has 0 saturated heterocycles. The van der Waals surface area contributed by atoms with Crippen molar-refractivity contribution >= 4 is 23.5 Å². The minimum absolute atomic E-state index is 0.00272. The number of para-hydroxylation sites is 1. The summed E-state index contributed by atoms with van der Waals surface area (Å²) >= 11 is 6.00. The summed E-state index contributed by atoms with van der Waals surface area (Å²) in [7, 11) is 0. The Morgan fingerprint density at radius 3 is 2.75 bits per heavy atom. The van der Waals surface area contributed by atoms with Crippen LogP contribution in [-0.4, -0.2) is 30.1 Å². The van der Waals surface area contributed by atoms with Crippen molar-refractivity contribution in [1.82, 2.24) is 5.32 Å². The quantitative estimate of drug-likeness (QED) is 0.723. The van der Waals surface area contributed by atoms with E-state index in [1.807, 2.05) is 19.1 Å². The molecule has 0 unspecified atom stereocenters. The molecule has 0 atom stereocenters. The average molecular weight is 300 g/mol. The molecule has 0 spiro atoms.